The monoisotopic (exact) mass is 392 g/mol. The molecule has 0 aliphatic rings. The van der Waals surface area contributed by atoms with Crippen molar-refractivity contribution in [3.8, 4) is 5.75 Å². The van der Waals surface area contributed by atoms with Gasteiger partial charge in [0.25, 0.3) is 11.8 Å². The van der Waals surface area contributed by atoms with Crippen LogP contribution >= 0.6 is 0 Å². The third-order valence-electron chi connectivity index (χ3n) is 4.09. The largest absolute Gasteiger partial charge is 0.482 e. The molecule has 1 atom stereocenters. The molecule has 0 aliphatic carbocycles. The number of nitrogens with one attached hydrogen (secondary N) is 2. The molecule has 0 bridgehead atoms. The molecule has 29 heavy (non-hydrogen) atoms. The number of carbonyl (C=O) groups excluding carboxylic acids is 3. The molecule has 0 spiro atoms. The van der Waals surface area contributed by atoms with Gasteiger partial charge in [0.05, 0.1) is 0 Å². The summed E-state index contributed by atoms with van der Waals surface area (Å²) in [6.45, 7) is 1.06. The summed E-state index contributed by atoms with van der Waals surface area (Å²) in [6.07, 6.45) is -1.10. The Morgan fingerprint density at radius 1 is 0.862 bits per heavy atom. The fraction of sp³-hybridized carbons (Fsp3) is 0.136. The van der Waals surface area contributed by atoms with Gasteiger partial charge in [0, 0.05) is 5.56 Å². The highest BCUT2D eigenvalue weighted by Crippen LogP contribution is 2.20. The van der Waals surface area contributed by atoms with Crippen LogP contribution in [-0.2, 0) is 14.3 Å². The molecule has 3 aromatic rings. The predicted octanol–water partition coefficient (Wildman–Crippen LogP) is 2.61. The normalized spacial score (nSPS) is 11.3. The highest BCUT2D eigenvalue weighted by Gasteiger charge is 2.19. The van der Waals surface area contributed by atoms with Crippen LogP contribution in [-0.4, -0.2) is 30.5 Å². The molecule has 0 fully saturated rings. The van der Waals surface area contributed by atoms with Crippen LogP contribution in [0.15, 0.2) is 72.8 Å². The fourth-order valence-electron chi connectivity index (χ4n) is 2.57. The van der Waals surface area contributed by atoms with E-state index in [1.165, 1.54) is 6.92 Å². The lowest BCUT2D eigenvalue weighted by Gasteiger charge is -2.14. The van der Waals surface area contributed by atoms with Gasteiger partial charge in [0.2, 0.25) is 0 Å². The zero-order valence-corrected chi connectivity index (χ0v) is 15.8. The number of hydrogen-bond donors (Lipinski definition) is 2. The Morgan fingerprint density at radius 3 is 2.31 bits per heavy atom. The molecule has 3 aromatic carbocycles. The molecule has 0 radical (unpaired) electrons. The zero-order valence-electron chi connectivity index (χ0n) is 15.8. The minimum absolute atomic E-state index is 0.341. The molecule has 0 aliphatic heterocycles. The molecule has 148 valence electrons. The first-order chi connectivity index (χ1) is 14.0. The summed E-state index contributed by atoms with van der Waals surface area (Å²) >= 11 is 0. The summed E-state index contributed by atoms with van der Waals surface area (Å²) in [5.41, 5.74) is 4.88. The summed E-state index contributed by atoms with van der Waals surface area (Å²) in [5.74, 6) is -1.31. The van der Waals surface area contributed by atoms with Gasteiger partial charge in [-0.3, -0.25) is 20.4 Å². The standard InChI is InChI=1S/C22H20N2O5/c1-15(21(26)23-24-22(27)17-8-3-2-4-9-17)29-20(25)14-28-19-12-11-16-7-5-6-10-18(16)13-19/h2-13,15H,14H2,1H3,(H,23,26)(H,24,27)/t15-/m1/s1. The molecule has 2 N–H and O–H groups in total. The highest BCUT2D eigenvalue weighted by molar-refractivity contribution is 5.95. The van der Waals surface area contributed by atoms with Gasteiger partial charge in [-0.15, -0.1) is 0 Å². The van der Waals surface area contributed by atoms with Crippen molar-refractivity contribution in [3.63, 3.8) is 0 Å². The number of hydrogen-bond acceptors (Lipinski definition) is 5. The summed E-state index contributed by atoms with van der Waals surface area (Å²) in [6, 6.07) is 21.6. The van der Waals surface area contributed by atoms with E-state index in [1.54, 1.807) is 36.4 Å². The molecule has 0 saturated heterocycles. The molecule has 7 heteroatoms. The first-order valence-electron chi connectivity index (χ1n) is 8.99. The minimum Gasteiger partial charge on any atom is -0.482 e. The van der Waals surface area contributed by atoms with Crippen molar-refractivity contribution < 1.29 is 23.9 Å². The smallest absolute Gasteiger partial charge is 0.344 e. The van der Waals surface area contributed by atoms with Crippen LogP contribution in [0.25, 0.3) is 10.8 Å². The Balaban J connectivity index is 1.44. The Hall–Kier alpha value is -3.87. The SMILES string of the molecule is C[C@@H](OC(=O)COc1ccc2ccccc2c1)C(=O)NNC(=O)c1ccccc1. The molecule has 0 aromatic heterocycles. The lowest BCUT2D eigenvalue weighted by atomic mass is 10.1. The number of fused-ring (bicyclic) bond motifs is 1. The Morgan fingerprint density at radius 2 is 1.55 bits per heavy atom. The van der Waals surface area contributed by atoms with Crippen LogP contribution in [0.3, 0.4) is 0 Å². The van der Waals surface area contributed by atoms with Gasteiger partial charge >= 0.3 is 5.97 Å². The fourth-order valence-corrected chi connectivity index (χ4v) is 2.57. The van der Waals surface area contributed by atoms with Crippen LogP contribution < -0.4 is 15.6 Å². The highest BCUT2D eigenvalue weighted by atomic mass is 16.6. The number of esters is 1. The van der Waals surface area contributed by atoms with Crippen LogP contribution in [0.1, 0.15) is 17.3 Å². The lowest BCUT2D eigenvalue weighted by molar-refractivity contribution is -0.156. The van der Waals surface area contributed by atoms with E-state index in [0.717, 1.165) is 10.8 Å². The number of rotatable bonds is 6. The van der Waals surface area contributed by atoms with Gasteiger partial charge in [-0.25, -0.2) is 4.79 Å². The number of benzene rings is 3. The van der Waals surface area contributed by atoms with Crippen molar-refractivity contribution in [2.24, 2.45) is 0 Å². The summed E-state index contributed by atoms with van der Waals surface area (Å²) < 4.78 is 10.5. The predicted molar refractivity (Wildman–Crippen MR) is 107 cm³/mol. The number of amides is 2. The van der Waals surface area contributed by atoms with E-state index < -0.39 is 23.9 Å². The number of hydrazine groups is 1. The topological polar surface area (TPSA) is 93.7 Å². The zero-order chi connectivity index (χ0) is 20.6. The van der Waals surface area contributed by atoms with Crippen molar-refractivity contribution in [2.75, 3.05) is 6.61 Å². The van der Waals surface area contributed by atoms with Crippen LogP contribution in [0.2, 0.25) is 0 Å². The van der Waals surface area contributed by atoms with Gasteiger partial charge in [-0.05, 0) is 42.0 Å². The van der Waals surface area contributed by atoms with Crippen LogP contribution in [0, 0.1) is 0 Å². The van der Waals surface area contributed by atoms with Crippen molar-refractivity contribution >= 4 is 28.6 Å². The van der Waals surface area contributed by atoms with E-state index in [-0.39, 0.29) is 6.61 Å². The van der Waals surface area contributed by atoms with Crippen molar-refractivity contribution in [2.45, 2.75) is 13.0 Å². The average Bonchev–Trinajstić information content (AvgIpc) is 2.76. The lowest BCUT2D eigenvalue weighted by Crippen LogP contribution is -2.47. The van der Waals surface area contributed by atoms with E-state index in [2.05, 4.69) is 10.9 Å². The molecule has 3 rings (SSSR count). The first kappa shape index (κ1) is 19.9. The summed E-state index contributed by atoms with van der Waals surface area (Å²) in [5, 5.41) is 2.05. The Kier molecular flexibility index (Phi) is 6.42. The molecule has 2 amide bonds. The van der Waals surface area contributed by atoms with Gasteiger partial charge in [0.1, 0.15) is 5.75 Å². The maximum absolute atomic E-state index is 12.0. The van der Waals surface area contributed by atoms with Crippen molar-refractivity contribution in [1.82, 2.24) is 10.9 Å². The first-order valence-corrected chi connectivity index (χ1v) is 8.99. The molecule has 7 nitrogen and oxygen atoms in total. The second kappa shape index (κ2) is 9.36. The summed E-state index contributed by atoms with van der Waals surface area (Å²) in [4.78, 5) is 35.8. The van der Waals surface area contributed by atoms with Gasteiger partial charge in [-0.1, -0.05) is 48.5 Å². The third kappa shape index (κ3) is 5.55. The van der Waals surface area contributed by atoms with Gasteiger partial charge in [-0.2, -0.15) is 0 Å². The average molecular weight is 392 g/mol. The van der Waals surface area contributed by atoms with Crippen LogP contribution in [0.5, 0.6) is 5.75 Å². The minimum atomic E-state index is -1.10. The van der Waals surface area contributed by atoms with Crippen molar-refractivity contribution in [3.05, 3.63) is 78.4 Å². The second-order valence-corrected chi connectivity index (χ2v) is 6.24. The maximum Gasteiger partial charge on any atom is 0.344 e. The Bertz CT molecular complexity index is 1020. The molecule has 0 heterocycles. The third-order valence-corrected chi connectivity index (χ3v) is 4.09. The van der Waals surface area contributed by atoms with E-state index in [9.17, 15) is 14.4 Å². The molecule has 0 unspecified atom stereocenters. The second-order valence-electron chi connectivity index (χ2n) is 6.24. The van der Waals surface area contributed by atoms with E-state index >= 15 is 0 Å². The van der Waals surface area contributed by atoms with E-state index in [1.807, 2.05) is 36.4 Å². The van der Waals surface area contributed by atoms with Crippen LogP contribution in [0.4, 0.5) is 0 Å². The van der Waals surface area contributed by atoms with Gasteiger partial charge < -0.3 is 9.47 Å². The number of ether oxygens (including phenoxy) is 2. The maximum atomic E-state index is 12.0. The molecular weight excluding hydrogens is 372 g/mol. The van der Waals surface area contributed by atoms with E-state index in [4.69, 9.17) is 9.47 Å². The quantitative estimate of drug-likeness (QED) is 0.497. The summed E-state index contributed by atoms with van der Waals surface area (Å²) in [7, 11) is 0. The number of carbonyl (C=O) groups is 3. The molecule has 0 saturated carbocycles. The Labute approximate surface area is 167 Å². The van der Waals surface area contributed by atoms with E-state index in [0.29, 0.717) is 11.3 Å². The van der Waals surface area contributed by atoms with Crippen molar-refractivity contribution in [1.29, 1.82) is 0 Å². The molecular formula is C22H20N2O5. The van der Waals surface area contributed by atoms with Gasteiger partial charge in [0.15, 0.2) is 12.7 Å².